The SMILES string of the molecule is C=CC(O)NC1CCCCC1. The zero-order valence-electron chi connectivity index (χ0n) is 6.92. The molecule has 0 spiro atoms. The summed E-state index contributed by atoms with van der Waals surface area (Å²) in [5, 5.41) is 12.3. The second-order valence-corrected chi connectivity index (χ2v) is 3.18. The Labute approximate surface area is 68.3 Å². The van der Waals surface area contributed by atoms with Gasteiger partial charge < -0.3 is 5.11 Å². The third kappa shape index (κ3) is 3.04. The summed E-state index contributed by atoms with van der Waals surface area (Å²) in [6, 6.07) is 0.511. The molecular formula is C9H17NO. The van der Waals surface area contributed by atoms with Gasteiger partial charge in [-0.25, -0.2) is 0 Å². The van der Waals surface area contributed by atoms with E-state index in [1.54, 1.807) is 0 Å². The van der Waals surface area contributed by atoms with Gasteiger partial charge in [0.05, 0.1) is 0 Å². The van der Waals surface area contributed by atoms with Crippen molar-refractivity contribution in [1.29, 1.82) is 0 Å². The highest BCUT2D eigenvalue weighted by atomic mass is 16.3. The van der Waals surface area contributed by atoms with Gasteiger partial charge >= 0.3 is 0 Å². The molecule has 1 unspecified atom stereocenters. The fraction of sp³-hybridized carbons (Fsp3) is 0.778. The third-order valence-corrected chi connectivity index (χ3v) is 2.23. The molecule has 0 aliphatic heterocycles. The van der Waals surface area contributed by atoms with Crippen LogP contribution in [-0.4, -0.2) is 17.4 Å². The van der Waals surface area contributed by atoms with Gasteiger partial charge in [-0.1, -0.05) is 25.8 Å². The minimum Gasteiger partial charge on any atom is -0.375 e. The average molecular weight is 155 g/mol. The first-order valence-corrected chi connectivity index (χ1v) is 4.39. The zero-order valence-corrected chi connectivity index (χ0v) is 6.92. The lowest BCUT2D eigenvalue weighted by Gasteiger charge is -2.24. The van der Waals surface area contributed by atoms with Crippen LogP contribution in [0.5, 0.6) is 0 Å². The first-order chi connectivity index (χ1) is 5.33. The Morgan fingerprint density at radius 1 is 1.36 bits per heavy atom. The molecule has 0 heterocycles. The summed E-state index contributed by atoms with van der Waals surface area (Å²) < 4.78 is 0. The van der Waals surface area contributed by atoms with Gasteiger partial charge in [0.1, 0.15) is 6.23 Å². The number of aliphatic hydroxyl groups is 1. The largest absolute Gasteiger partial charge is 0.375 e. The molecule has 1 aliphatic carbocycles. The minimum absolute atomic E-state index is 0.511. The van der Waals surface area contributed by atoms with Gasteiger partial charge in [0.25, 0.3) is 0 Å². The van der Waals surface area contributed by atoms with Crippen molar-refractivity contribution >= 4 is 0 Å². The van der Waals surface area contributed by atoms with Crippen molar-refractivity contribution in [3.05, 3.63) is 12.7 Å². The summed E-state index contributed by atoms with van der Waals surface area (Å²) >= 11 is 0. The Balaban J connectivity index is 2.18. The van der Waals surface area contributed by atoms with Gasteiger partial charge in [0.15, 0.2) is 0 Å². The van der Waals surface area contributed by atoms with Gasteiger partial charge in [-0.2, -0.15) is 0 Å². The molecule has 0 amide bonds. The molecule has 1 aliphatic rings. The van der Waals surface area contributed by atoms with Gasteiger partial charge in [0.2, 0.25) is 0 Å². The molecule has 1 fully saturated rings. The van der Waals surface area contributed by atoms with Crippen molar-refractivity contribution in [1.82, 2.24) is 5.32 Å². The molecule has 0 aromatic rings. The second-order valence-electron chi connectivity index (χ2n) is 3.18. The quantitative estimate of drug-likeness (QED) is 0.477. The Bertz CT molecular complexity index is 119. The Hall–Kier alpha value is -0.340. The van der Waals surface area contributed by atoms with Crippen LogP contribution in [0, 0.1) is 0 Å². The van der Waals surface area contributed by atoms with Crippen molar-refractivity contribution in [2.24, 2.45) is 0 Å². The Morgan fingerprint density at radius 2 is 2.00 bits per heavy atom. The van der Waals surface area contributed by atoms with Crippen LogP contribution in [0.2, 0.25) is 0 Å². The van der Waals surface area contributed by atoms with Crippen LogP contribution in [0.1, 0.15) is 32.1 Å². The van der Waals surface area contributed by atoms with Crippen LogP contribution in [0.15, 0.2) is 12.7 Å². The predicted molar refractivity (Wildman–Crippen MR) is 46.2 cm³/mol. The van der Waals surface area contributed by atoms with E-state index in [9.17, 15) is 5.11 Å². The second kappa shape index (κ2) is 4.52. The molecule has 1 atom stereocenters. The molecule has 0 aromatic heterocycles. The molecule has 0 radical (unpaired) electrons. The molecule has 64 valence electrons. The molecule has 0 saturated heterocycles. The highest BCUT2D eigenvalue weighted by Crippen LogP contribution is 2.17. The van der Waals surface area contributed by atoms with E-state index in [-0.39, 0.29) is 0 Å². The maximum absolute atomic E-state index is 9.18. The maximum Gasteiger partial charge on any atom is 0.124 e. The summed E-state index contributed by atoms with van der Waals surface area (Å²) in [6.07, 6.45) is 7.36. The summed E-state index contributed by atoms with van der Waals surface area (Å²) in [5.41, 5.74) is 0. The highest BCUT2D eigenvalue weighted by molar-refractivity contribution is 4.81. The molecule has 2 nitrogen and oxygen atoms in total. The topological polar surface area (TPSA) is 32.3 Å². The van der Waals surface area contributed by atoms with Crippen LogP contribution in [-0.2, 0) is 0 Å². The van der Waals surface area contributed by atoms with E-state index in [4.69, 9.17) is 0 Å². The lowest BCUT2D eigenvalue weighted by Crippen LogP contribution is -2.38. The van der Waals surface area contributed by atoms with Gasteiger partial charge in [-0.15, -0.1) is 0 Å². The van der Waals surface area contributed by atoms with Crippen LogP contribution >= 0.6 is 0 Å². The van der Waals surface area contributed by atoms with Crippen LogP contribution < -0.4 is 5.32 Å². The Kier molecular flexibility index (Phi) is 3.60. The number of hydrogen-bond donors (Lipinski definition) is 2. The van der Waals surface area contributed by atoms with Crippen LogP contribution in [0.3, 0.4) is 0 Å². The highest BCUT2D eigenvalue weighted by Gasteiger charge is 2.14. The number of aliphatic hydroxyl groups excluding tert-OH is 1. The number of rotatable bonds is 3. The first kappa shape index (κ1) is 8.75. The summed E-state index contributed by atoms with van der Waals surface area (Å²) in [6.45, 7) is 3.51. The smallest absolute Gasteiger partial charge is 0.124 e. The van der Waals surface area contributed by atoms with Crippen molar-refractivity contribution in [2.75, 3.05) is 0 Å². The normalized spacial score (nSPS) is 23.0. The van der Waals surface area contributed by atoms with E-state index < -0.39 is 6.23 Å². The Morgan fingerprint density at radius 3 is 2.55 bits per heavy atom. The third-order valence-electron chi connectivity index (χ3n) is 2.23. The summed E-state index contributed by atoms with van der Waals surface area (Å²) in [5.74, 6) is 0. The molecule has 2 N–H and O–H groups in total. The van der Waals surface area contributed by atoms with Crippen molar-refractivity contribution < 1.29 is 5.11 Å². The molecule has 1 rings (SSSR count). The van der Waals surface area contributed by atoms with Crippen LogP contribution in [0.4, 0.5) is 0 Å². The van der Waals surface area contributed by atoms with Gasteiger partial charge in [0, 0.05) is 6.04 Å². The van der Waals surface area contributed by atoms with E-state index in [0.29, 0.717) is 6.04 Å². The number of hydrogen-bond acceptors (Lipinski definition) is 2. The molecule has 0 bridgehead atoms. The molecule has 11 heavy (non-hydrogen) atoms. The lowest BCUT2D eigenvalue weighted by molar-refractivity contribution is 0.155. The zero-order chi connectivity index (χ0) is 8.10. The fourth-order valence-corrected chi connectivity index (χ4v) is 1.58. The van der Waals surface area contributed by atoms with E-state index in [1.807, 2.05) is 0 Å². The van der Waals surface area contributed by atoms with Gasteiger partial charge in [-0.3, -0.25) is 5.32 Å². The fourth-order valence-electron chi connectivity index (χ4n) is 1.58. The van der Waals surface area contributed by atoms with E-state index in [1.165, 1.54) is 38.2 Å². The van der Waals surface area contributed by atoms with Gasteiger partial charge in [-0.05, 0) is 18.9 Å². The number of nitrogens with one attached hydrogen (secondary N) is 1. The van der Waals surface area contributed by atoms with E-state index in [0.717, 1.165) is 0 Å². The predicted octanol–water partition coefficient (Wildman–Crippen LogP) is 1.41. The van der Waals surface area contributed by atoms with E-state index >= 15 is 0 Å². The average Bonchev–Trinajstić information content (AvgIpc) is 2.06. The monoisotopic (exact) mass is 155 g/mol. The minimum atomic E-state index is -0.516. The van der Waals surface area contributed by atoms with Crippen molar-refractivity contribution in [3.63, 3.8) is 0 Å². The van der Waals surface area contributed by atoms with E-state index in [2.05, 4.69) is 11.9 Å². The maximum atomic E-state index is 9.18. The van der Waals surface area contributed by atoms with Crippen LogP contribution in [0.25, 0.3) is 0 Å². The summed E-state index contributed by atoms with van der Waals surface area (Å²) in [4.78, 5) is 0. The molecule has 2 heteroatoms. The summed E-state index contributed by atoms with van der Waals surface area (Å²) in [7, 11) is 0. The first-order valence-electron chi connectivity index (χ1n) is 4.39. The molecular weight excluding hydrogens is 138 g/mol. The molecule has 1 saturated carbocycles. The van der Waals surface area contributed by atoms with Crippen molar-refractivity contribution in [3.8, 4) is 0 Å². The van der Waals surface area contributed by atoms with Crippen molar-refractivity contribution in [2.45, 2.75) is 44.4 Å². The standard InChI is InChI=1S/C9H17NO/c1-2-9(11)10-8-6-4-3-5-7-8/h2,8-11H,1,3-7H2. The molecule has 0 aromatic carbocycles. The lowest BCUT2D eigenvalue weighted by atomic mass is 9.95.